The third kappa shape index (κ3) is 5.95. The molecule has 0 saturated carbocycles. The van der Waals surface area contributed by atoms with E-state index >= 15 is 0 Å². The topological polar surface area (TPSA) is 119 Å². The third-order valence-corrected chi connectivity index (χ3v) is 6.13. The molecule has 0 spiro atoms. The van der Waals surface area contributed by atoms with Crippen molar-refractivity contribution in [1.29, 1.82) is 0 Å². The molecule has 0 unspecified atom stereocenters. The van der Waals surface area contributed by atoms with Gasteiger partial charge in [0.2, 0.25) is 0 Å². The van der Waals surface area contributed by atoms with Crippen LogP contribution in [-0.4, -0.2) is 52.8 Å². The summed E-state index contributed by atoms with van der Waals surface area (Å²) in [5.41, 5.74) is 1.38. The summed E-state index contributed by atoms with van der Waals surface area (Å²) in [6.45, 7) is 3.63. The smallest absolute Gasteiger partial charge is 0.335 e. The van der Waals surface area contributed by atoms with Crippen molar-refractivity contribution in [3.05, 3.63) is 63.0 Å². The quantitative estimate of drug-likeness (QED) is 0.374. The van der Waals surface area contributed by atoms with Gasteiger partial charge in [0.05, 0.1) is 29.2 Å². The number of benzene rings is 2. The van der Waals surface area contributed by atoms with Crippen molar-refractivity contribution in [3.8, 4) is 11.5 Å². The summed E-state index contributed by atoms with van der Waals surface area (Å²) < 4.78 is 16.1. The van der Waals surface area contributed by atoms with Gasteiger partial charge in [0.15, 0.2) is 11.5 Å². The Morgan fingerprint density at radius 2 is 1.86 bits per heavy atom. The first-order valence-electron chi connectivity index (χ1n) is 10.4. The number of carboxylic acid groups (broad SMARTS) is 1. The number of thioether (sulfide) groups is 1. The molecule has 1 atom stereocenters. The fraction of sp³-hybridized carbons (Fsp3) is 0.250. The highest BCUT2D eigenvalue weighted by Gasteiger charge is 2.41. The van der Waals surface area contributed by atoms with Crippen molar-refractivity contribution >= 4 is 52.5 Å². The maximum atomic E-state index is 12.8. The summed E-state index contributed by atoms with van der Waals surface area (Å²) in [6.07, 6.45) is 1.48. The van der Waals surface area contributed by atoms with Gasteiger partial charge in [-0.25, -0.2) is 9.59 Å². The number of ether oxygens (including phenoxy) is 3. The molecule has 0 bridgehead atoms. The van der Waals surface area contributed by atoms with Crippen molar-refractivity contribution in [1.82, 2.24) is 4.90 Å². The molecule has 1 heterocycles. The molecule has 1 aliphatic rings. The molecule has 1 N–H and O–H groups in total. The van der Waals surface area contributed by atoms with Crippen LogP contribution in [0.3, 0.4) is 0 Å². The molecule has 3 rings (SSSR count). The van der Waals surface area contributed by atoms with E-state index in [1.807, 2.05) is 0 Å². The summed E-state index contributed by atoms with van der Waals surface area (Å²) in [4.78, 5) is 48.9. The molecule has 0 radical (unpaired) electrons. The van der Waals surface area contributed by atoms with Gasteiger partial charge in [0.1, 0.15) is 12.6 Å². The minimum absolute atomic E-state index is 0.114. The Morgan fingerprint density at radius 1 is 1.17 bits per heavy atom. The predicted octanol–water partition coefficient (Wildman–Crippen LogP) is 4.61. The molecule has 0 aliphatic carbocycles. The van der Waals surface area contributed by atoms with Crippen LogP contribution in [0, 0.1) is 0 Å². The molecule has 2 amide bonds. The van der Waals surface area contributed by atoms with Gasteiger partial charge in [0, 0.05) is 0 Å². The zero-order valence-electron chi connectivity index (χ0n) is 19.1. The second kappa shape index (κ2) is 11.3. The van der Waals surface area contributed by atoms with Crippen LogP contribution in [0.4, 0.5) is 4.79 Å². The minimum Gasteiger partial charge on any atom is -0.490 e. The fourth-order valence-electron chi connectivity index (χ4n) is 3.21. The summed E-state index contributed by atoms with van der Waals surface area (Å²) in [7, 11) is 1.18. The molecule has 1 aliphatic heterocycles. The number of carboxylic acids is 1. The highest BCUT2D eigenvalue weighted by Crippen LogP contribution is 2.40. The zero-order chi connectivity index (χ0) is 25.7. The molecule has 1 fully saturated rings. The number of nitrogens with zero attached hydrogens (tertiary/aromatic N) is 1. The number of hydrogen-bond acceptors (Lipinski definition) is 8. The number of halogens is 1. The summed E-state index contributed by atoms with van der Waals surface area (Å²) in [5, 5.41) is 8.65. The van der Waals surface area contributed by atoms with E-state index in [1.54, 1.807) is 31.2 Å². The standard InChI is InChI=1S/C24H22ClNO8S/c1-4-33-18-10-15(11-19-21(27)26(24(31)35-19)13(2)23(30)32-3)9-17(25)20(18)34-12-14-5-7-16(8-6-14)22(28)29/h5-11,13H,4,12H2,1-3H3,(H,28,29)/b19-11+/t13-/m0/s1. The molecular formula is C24H22ClNO8S. The lowest BCUT2D eigenvalue weighted by Crippen LogP contribution is -2.42. The lowest BCUT2D eigenvalue weighted by atomic mass is 10.1. The Bertz CT molecular complexity index is 1190. The zero-order valence-corrected chi connectivity index (χ0v) is 20.6. The van der Waals surface area contributed by atoms with Crippen LogP contribution in [0.5, 0.6) is 11.5 Å². The predicted molar refractivity (Wildman–Crippen MR) is 130 cm³/mol. The fourth-order valence-corrected chi connectivity index (χ4v) is 4.40. The first kappa shape index (κ1) is 26.1. The van der Waals surface area contributed by atoms with Crippen LogP contribution in [0.1, 0.15) is 35.3 Å². The van der Waals surface area contributed by atoms with E-state index in [0.717, 1.165) is 10.5 Å². The van der Waals surface area contributed by atoms with Crippen LogP contribution < -0.4 is 9.47 Å². The molecule has 2 aromatic rings. The normalized spacial score (nSPS) is 15.3. The van der Waals surface area contributed by atoms with Crippen molar-refractivity contribution < 1.29 is 38.5 Å². The maximum absolute atomic E-state index is 12.8. The largest absolute Gasteiger partial charge is 0.490 e. The van der Waals surface area contributed by atoms with E-state index in [-0.39, 0.29) is 27.8 Å². The van der Waals surface area contributed by atoms with E-state index in [4.69, 9.17) is 26.2 Å². The molecular weight excluding hydrogens is 498 g/mol. The highest BCUT2D eigenvalue weighted by molar-refractivity contribution is 8.18. The molecule has 35 heavy (non-hydrogen) atoms. The molecule has 9 nitrogen and oxygen atoms in total. The van der Waals surface area contributed by atoms with E-state index in [0.29, 0.717) is 29.7 Å². The molecule has 0 aromatic heterocycles. The number of carbonyl (C=O) groups is 4. The van der Waals surface area contributed by atoms with E-state index in [9.17, 15) is 19.2 Å². The van der Waals surface area contributed by atoms with Crippen LogP contribution in [0.15, 0.2) is 41.3 Å². The third-order valence-electron chi connectivity index (χ3n) is 4.97. The SMILES string of the molecule is CCOc1cc(/C=C2/SC(=O)N([C@@H](C)C(=O)OC)C2=O)cc(Cl)c1OCc1ccc(C(=O)O)cc1. The number of imide groups is 1. The Hall–Kier alpha value is -3.50. The van der Waals surface area contributed by atoms with Gasteiger partial charge in [-0.05, 0) is 67.1 Å². The van der Waals surface area contributed by atoms with Crippen molar-refractivity contribution in [2.24, 2.45) is 0 Å². The number of methoxy groups -OCH3 is 1. The monoisotopic (exact) mass is 519 g/mol. The number of amides is 2. The summed E-state index contributed by atoms with van der Waals surface area (Å²) in [6, 6.07) is 8.35. The number of carbonyl (C=O) groups excluding carboxylic acids is 3. The van der Waals surface area contributed by atoms with Crippen LogP contribution in [-0.2, 0) is 20.9 Å². The van der Waals surface area contributed by atoms with Gasteiger partial charge in [-0.2, -0.15) is 0 Å². The van der Waals surface area contributed by atoms with Crippen molar-refractivity contribution in [3.63, 3.8) is 0 Å². The Morgan fingerprint density at radius 3 is 2.46 bits per heavy atom. The lowest BCUT2D eigenvalue weighted by Gasteiger charge is -2.18. The minimum atomic E-state index is -1.05. The van der Waals surface area contributed by atoms with Crippen molar-refractivity contribution in [2.45, 2.75) is 26.5 Å². The molecule has 2 aromatic carbocycles. The van der Waals surface area contributed by atoms with Crippen LogP contribution in [0.25, 0.3) is 6.08 Å². The van der Waals surface area contributed by atoms with Crippen molar-refractivity contribution in [2.75, 3.05) is 13.7 Å². The van der Waals surface area contributed by atoms with Gasteiger partial charge in [-0.1, -0.05) is 23.7 Å². The van der Waals surface area contributed by atoms with Gasteiger partial charge < -0.3 is 19.3 Å². The average Bonchev–Trinajstić information content (AvgIpc) is 3.10. The molecule has 11 heteroatoms. The summed E-state index contributed by atoms with van der Waals surface area (Å²) >= 11 is 7.16. The number of aromatic carboxylic acids is 1. The summed E-state index contributed by atoms with van der Waals surface area (Å²) in [5.74, 6) is -1.73. The number of rotatable bonds is 9. The average molecular weight is 520 g/mol. The Kier molecular flexibility index (Phi) is 8.42. The van der Waals surface area contributed by atoms with E-state index < -0.39 is 29.1 Å². The highest BCUT2D eigenvalue weighted by atomic mass is 35.5. The number of hydrogen-bond donors (Lipinski definition) is 1. The second-order valence-corrected chi connectivity index (χ2v) is 8.70. The molecule has 184 valence electrons. The first-order valence-corrected chi connectivity index (χ1v) is 11.6. The van der Waals surface area contributed by atoms with Gasteiger partial charge >= 0.3 is 11.9 Å². The number of esters is 1. The van der Waals surface area contributed by atoms with Crippen LogP contribution >= 0.6 is 23.4 Å². The first-order chi connectivity index (χ1) is 16.7. The van der Waals surface area contributed by atoms with E-state index in [1.165, 1.54) is 32.2 Å². The van der Waals surface area contributed by atoms with Crippen LogP contribution in [0.2, 0.25) is 5.02 Å². The van der Waals surface area contributed by atoms with Gasteiger partial charge in [0.25, 0.3) is 11.1 Å². The van der Waals surface area contributed by atoms with Gasteiger partial charge in [-0.3, -0.25) is 14.5 Å². The maximum Gasteiger partial charge on any atom is 0.335 e. The van der Waals surface area contributed by atoms with Gasteiger partial charge in [-0.15, -0.1) is 0 Å². The Balaban J connectivity index is 1.84. The molecule has 1 saturated heterocycles. The Labute approximate surface area is 210 Å². The van der Waals surface area contributed by atoms with E-state index in [2.05, 4.69) is 4.74 Å². The lowest BCUT2D eigenvalue weighted by molar-refractivity contribution is -0.148. The second-order valence-electron chi connectivity index (χ2n) is 7.30.